The van der Waals surface area contributed by atoms with Crippen LogP contribution in [0.1, 0.15) is 26.2 Å². The lowest BCUT2D eigenvalue weighted by atomic mass is 9.93. The lowest BCUT2D eigenvalue weighted by molar-refractivity contribution is -0.118. The quantitative estimate of drug-likeness (QED) is 0.653. The Labute approximate surface area is 217 Å². The molecule has 1 aromatic heterocycles. The molecule has 2 aromatic rings. The fraction of sp³-hybridized carbons (Fsp3) is 0.630. The minimum absolute atomic E-state index is 0.0702. The molecule has 3 saturated heterocycles. The number of halogens is 1. The largest absolute Gasteiger partial charge is 0.381 e. The van der Waals surface area contributed by atoms with Gasteiger partial charge in [-0.2, -0.15) is 0 Å². The second-order valence-electron chi connectivity index (χ2n) is 11.0. The van der Waals surface area contributed by atoms with Gasteiger partial charge in [0.05, 0.1) is 29.5 Å². The third-order valence-electron chi connectivity index (χ3n) is 9.02. The molecular weight excluding hydrogens is 480 g/mol. The van der Waals surface area contributed by atoms with Gasteiger partial charge in [-0.05, 0) is 55.2 Å². The van der Waals surface area contributed by atoms with E-state index in [2.05, 4.69) is 33.1 Å². The van der Waals surface area contributed by atoms with Crippen LogP contribution < -0.4 is 10.2 Å². The number of methoxy groups -OCH3 is 1. The van der Waals surface area contributed by atoms with Crippen LogP contribution in [0, 0.1) is 11.3 Å². The van der Waals surface area contributed by atoms with E-state index in [0.29, 0.717) is 19.0 Å². The number of fused-ring (bicyclic) bond motifs is 1. The number of hydrogen-bond acceptors (Lipinski definition) is 7. The number of piperazine rings is 1. The van der Waals surface area contributed by atoms with Gasteiger partial charge in [-0.15, -0.1) is 0 Å². The number of ether oxygens (including phenoxy) is 3. The molecule has 8 nitrogen and oxygen atoms in total. The maximum atomic E-state index is 12.9. The molecule has 1 saturated carbocycles. The van der Waals surface area contributed by atoms with E-state index >= 15 is 0 Å². The number of nitrogens with one attached hydrogen (secondary N) is 1. The molecule has 1 amide bonds. The van der Waals surface area contributed by atoms with Gasteiger partial charge in [-0.3, -0.25) is 9.69 Å². The van der Waals surface area contributed by atoms with E-state index in [1.807, 2.05) is 12.1 Å². The Balaban J connectivity index is 1.15. The van der Waals surface area contributed by atoms with Gasteiger partial charge in [-0.1, -0.05) is 11.6 Å². The Bertz CT molecular complexity index is 1150. The third-order valence-corrected chi connectivity index (χ3v) is 9.32. The van der Waals surface area contributed by atoms with E-state index in [0.717, 1.165) is 80.1 Å². The van der Waals surface area contributed by atoms with Crippen molar-refractivity contribution >= 4 is 39.8 Å². The number of benzene rings is 1. The van der Waals surface area contributed by atoms with Crippen LogP contribution in [0.4, 0.5) is 11.5 Å². The van der Waals surface area contributed by atoms with Crippen LogP contribution in [0.2, 0.25) is 5.02 Å². The summed E-state index contributed by atoms with van der Waals surface area (Å²) in [6.07, 6.45) is 4.79. The van der Waals surface area contributed by atoms with Crippen LogP contribution in [0.15, 0.2) is 24.4 Å². The molecule has 1 spiro atoms. The standard InChI is InChI=1S/C27H35ClN4O4/c1-26(17-36-16-23(26)34-2)32-7-5-31(6-8-32)22-12-18-13-24(29-15-19(18)11-21(22)28)30-25(33)20-14-27(20)3-9-35-10-4-27/h11-13,15,20,23H,3-10,14,16-17H2,1-2H3,(H,29,30,33)/t20-,23+,26+/m0/s1. The molecule has 1 aromatic carbocycles. The summed E-state index contributed by atoms with van der Waals surface area (Å²) in [5.74, 6) is 0.744. The Morgan fingerprint density at radius 3 is 2.67 bits per heavy atom. The van der Waals surface area contributed by atoms with Crippen molar-refractivity contribution in [2.45, 2.75) is 37.8 Å². The van der Waals surface area contributed by atoms with Crippen LogP contribution in [-0.4, -0.2) is 87.2 Å². The van der Waals surface area contributed by atoms with Crippen molar-refractivity contribution in [3.63, 3.8) is 0 Å². The fourth-order valence-electron chi connectivity index (χ4n) is 6.45. The van der Waals surface area contributed by atoms with Crippen molar-refractivity contribution in [2.24, 2.45) is 11.3 Å². The van der Waals surface area contributed by atoms with Crippen molar-refractivity contribution in [2.75, 3.05) is 69.9 Å². The van der Waals surface area contributed by atoms with E-state index in [4.69, 9.17) is 25.8 Å². The maximum absolute atomic E-state index is 12.9. The molecule has 0 unspecified atom stereocenters. The summed E-state index contributed by atoms with van der Waals surface area (Å²) in [6.45, 7) is 8.68. The first kappa shape index (κ1) is 24.4. The highest BCUT2D eigenvalue weighted by Crippen LogP contribution is 2.59. The molecule has 36 heavy (non-hydrogen) atoms. The Morgan fingerprint density at radius 1 is 1.14 bits per heavy atom. The van der Waals surface area contributed by atoms with Crippen molar-refractivity contribution < 1.29 is 19.0 Å². The van der Waals surface area contributed by atoms with E-state index in [1.165, 1.54) is 0 Å². The number of aromatic nitrogens is 1. The fourth-order valence-corrected chi connectivity index (χ4v) is 6.74. The molecule has 1 aliphatic carbocycles. The second kappa shape index (κ2) is 9.40. The van der Waals surface area contributed by atoms with Crippen LogP contribution >= 0.6 is 11.6 Å². The number of anilines is 2. The summed E-state index contributed by atoms with van der Waals surface area (Å²) >= 11 is 6.73. The minimum atomic E-state index is -0.0996. The van der Waals surface area contributed by atoms with Crippen LogP contribution in [0.25, 0.3) is 10.8 Å². The summed E-state index contributed by atoms with van der Waals surface area (Å²) in [7, 11) is 1.77. The predicted octanol–water partition coefficient (Wildman–Crippen LogP) is 3.57. The molecule has 0 radical (unpaired) electrons. The molecule has 6 rings (SSSR count). The number of hydrogen-bond donors (Lipinski definition) is 1. The van der Waals surface area contributed by atoms with Gasteiger partial charge in [0, 0.05) is 64.0 Å². The molecule has 4 heterocycles. The number of rotatable bonds is 5. The smallest absolute Gasteiger partial charge is 0.229 e. The summed E-state index contributed by atoms with van der Waals surface area (Å²) in [5.41, 5.74) is 1.07. The zero-order valence-electron chi connectivity index (χ0n) is 21.1. The zero-order chi connectivity index (χ0) is 24.9. The minimum Gasteiger partial charge on any atom is -0.381 e. The van der Waals surface area contributed by atoms with Gasteiger partial charge in [0.25, 0.3) is 0 Å². The molecule has 4 fully saturated rings. The first-order chi connectivity index (χ1) is 17.4. The Morgan fingerprint density at radius 2 is 1.92 bits per heavy atom. The molecule has 194 valence electrons. The van der Waals surface area contributed by atoms with E-state index in [-0.39, 0.29) is 28.9 Å². The molecule has 4 aliphatic rings. The SMILES string of the molecule is CO[C@@H]1COC[C@@]1(C)N1CCN(c2cc3cc(NC(=O)[C@@H]4CC45CCOCC5)ncc3cc2Cl)CC1. The van der Waals surface area contributed by atoms with Crippen LogP contribution in [0.5, 0.6) is 0 Å². The normalized spacial score (nSPS) is 30.1. The van der Waals surface area contributed by atoms with Crippen molar-refractivity contribution in [1.82, 2.24) is 9.88 Å². The average molecular weight is 515 g/mol. The summed E-state index contributed by atoms with van der Waals surface area (Å²) in [6, 6.07) is 6.06. The first-order valence-electron chi connectivity index (χ1n) is 13.0. The maximum Gasteiger partial charge on any atom is 0.229 e. The third kappa shape index (κ3) is 4.27. The summed E-state index contributed by atoms with van der Waals surface area (Å²) in [4.78, 5) is 22.2. The molecule has 3 atom stereocenters. The molecule has 0 bridgehead atoms. The van der Waals surface area contributed by atoms with Gasteiger partial charge in [0.15, 0.2) is 0 Å². The first-order valence-corrected chi connectivity index (χ1v) is 13.4. The molecule has 3 aliphatic heterocycles. The number of pyridine rings is 1. The monoisotopic (exact) mass is 514 g/mol. The number of amides is 1. The molecule has 1 N–H and O–H groups in total. The van der Waals surface area contributed by atoms with Crippen LogP contribution in [-0.2, 0) is 19.0 Å². The van der Waals surface area contributed by atoms with Gasteiger partial charge in [0.1, 0.15) is 11.9 Å². The number of nitrogens with zero attached hydrogens (tertiary/aromatic N) is 3. The lowest BCUT2D eigenvalue weighted by Gasteiger charge is -2.46. The lowest BCUT2D eigenvalue weighted by Crippen LogP contribution is -2.61. The predicted molar refractivity (Wildman–Crippen MR) is 140 cm³/mol. The topological polar surface area (TPSA) is 76.2 Å². The molecular formula is C27H35ClN4O4. The average Bonchev–Trinajstić information content (AvgIpc) is 3.44. The van der Waals surface area contributed by atoms with E-state index in [1.54, 1.807) is 13.3 Å². The highest BCUT2D eigenvalue weighted by molar-refractivity contribution is 6.34. The van der Waals surface area contributed by atoms with Crippen molar-refractivity contribution in [3.8, 4) is 0 Å². The van der Waals surface area contributed by atoms with Gasteiger partial charge in [-0.25, -0.2) is 4.98 Å². The number of carbonyl (C=O) groups excluding carboxylic acids is 1. The van der Waals surface area contributed by atoms with E-state index in [9.17, 15) is 4.79 Å². The Kier molecular flexibility index (Phi) is 6.37. The highest BCUT2D eigenvalue weighted by atomic mass is 35.5. The Hall–Kier alpha value is -1.97. The second-order valence-corrected chi connectivity index (χ2v) is 11.4. The van der Waals surface area contributed by atoms with Gasteiger partial charge >= 0.3 is 0 Å². The van der Waals surface area contributed by atoms with Crippen molar-refractivity contribution in [1.29, 1.82) is 0 Å². The van der Waals surface area contributed by atoms with Crippen molar-refractivity contribution in [3.05, 3.63) is 29.4 Å². The van der Waals surface area contributed by atoms with Gasteiger partial charge < -0.3 is 24.4 Å². The summed E-state index contributed by atoms with van der Waals surface area (Å²) in [5, 5.41) is 5.77. The zero-order valence-corrected chi connectivity index (χ0v) is 21.9. The highest BCUT2D eigenvalue weighted by Gasteiger charge is 2.58. The summed E-state index contributed by atoms with van der Waals surface area (Å²) < 4.78 is 16.9. The van der Waals surface area contributed by atoms with Crippen LogP contribution in [0.3, 0.4) is 0 Å². The van der Waals surface area contributed by atoms with E-state index < -0.39 is 0 Å². The van der Waals surface area contributed by atoms with Gasteiger partial charge in [0.2, 0.25) is 5.91 Å². The molecule has 9 heteroatoms. The number of carbonyl (C=O) groups is 1.